The maximum absolute atomic E-state index is 2.27. The van der Waals surface area contributed by atoms with Crippen molar-refractivity contribution in [3.8, 4) is 0 Å². The third-order valence-corrected chi connectivity index (χ3v) is 4.41. The van der Waals surface area contributed by atoms with Crippen LogP contribution in [0.3, 0.4) is 0 Å². The molecular formula is C9H12Te. The van der Waals surface area contributed by atoms with Crippen LogP contribution in [0.25, 0.3) is 0 Å². The van der Waals surface area contributed by atoms with Crippen LogP contribution in [0.1, 0.15) is 12.5 Å². The van der Waals surface area contributed by atoms with Gasteiger partial charge in [0.1, 0.15) is 0 Å². The molecule has 0 bridgehead atoms. The van der Waals surface area contributed by atoms with E-state index in [4.69, 9.17) is 0 Å². The van der Waals surface area contributed by atoms with Gasteiger partial charge in [-0.15, -0.1) is 0 Å². The van der Waals surface area contributed by atoms with Gasteiger partial charge in [-0.25, -0.2) is 0 Å². The van der Waals surface area contributed by atoms with Gasteiger partial charge in [-0.05, 0) is 0 Å². The van der Waals surface area contributed by atoms with Crippen molar-refractivity contribution in [1.82, 2.24) is 0 Å². The number of benzene rings is 1. The van der Waals surface area contributed by atoms with Crippen molar-refractivity contribution in [3.05, 3.63) is 29.8 Å². The molecule has 1 heteroatoms. The summed E-state index contributed by atoms with van der Waals surface area (Å²) in [7, 11) is 0. The number of aryl methyl sites for hydroxylation is 1. The second-order valence-corrected chi connectivity index (χ2v) is 5.93. The fourth-order valence-electron chi connectivity index (χ4n) is 0.874. The van der Waals surface area contributed by atoms with Crippen LogP contribution in [0.2, 0.25) is 4.47 Å². The summed E-state index contributed by atoms with van der Waals surface area (Å²) in [5.74, 6) is 0. The molecule has 54 valence electrons. The van der Waals surface area contributed by atoms with Crippen molar-refractivity contribution < 1.29 is 0 Å². The van der Waals surface area contributed by atoms with E-state index in [0.29, 0.717) is 0 Å². The van der Waals surface area contributed by atoms with E-state index in [1.54, 1.807) is 3.61 Å². The van der Waals surface area contributed by atoms with Crippen LogP contribution in [-0.2, 0) is 0 Å². The molecule has 0 atom stereocenters. The van der Waals surface area contributed by atoms with Crippen LogP contribution in [0.15, 0.2) is 24.3 Å². The monoisotopic (exact) mass is 250 g/mol. The van der Waals surface area contributed by atoms with Gasteiger partial charge < -0.3 is 0 Å². The van der Waals surface area contributed by atoms with E-state index in [9.17, 15) is 0 Å². The Hall–Kier alpha value is 0.00961. The Morgan fingerprint density at radius 2 is 2.00 bits per heavy atom. The SMILES string of the molecule is CC[Te]c1ccccc1C. The maximum atomic E-state index is 2.27. The fraction of sp³-hybridized carbons (Fsp3) is 0.333. The molecule has 0 heterocycles. The summed E-state index contributed by atoms with van der Waals surface area (Å²) >= 11 is 0.143. The van der Waals surface area contributed by atoms with Gasteiger partial charge in [0.25, 0.3) is 0 Å². The zero-order valence-electron chi connectivity index (χ0n) is 6.42. The van der Waals surface area contributed by atoms with Gasteiger partial charge in [0.05, 0.1) is 0 Å². The molecule has 0 aliphatic heterocycles. The molecule has 0 spiro atoms. The first-order valence-corrected chi connectivity index (χ1v) is 6.34. The average molecular weight is 248 g/mol. The molecule has 0 fully saturated rings. The second-order valence-electron chi connectivity index (χ2n) is 2.20. The van der Waals surface area contributed by atoms with E-state index >= 15 is 0 Å². The Bertz CT molecular complexity index is 206. The standard InChI is InChI=1S/C9H12Te/c1-3-10-9-7-5-4-6-8(9)2/h4-7H,3H2,1-2H3. The Labute approximate surface area is 72.7 Å². The molecule has 0 aliphatic carbocycles. The zero-order chi connectivity index (χ0) is 7.40. The molecule has 0 N–H and O–H groups in total. The molecule has 0 amide bonds. The molecule has 0 unspecified atom stereocenters. The molecule has 0 aromatic heterocycles. The third kappa shape index (κ3) is 2.01. The Morgan fingerprint density at radius 3 is 2.60 bits per heavy atom. The molecule has 0 aliphatic rings. The topological polar surface area (TPSA) is 0 Å². The summed E-state index contributed by atoms with van der Waals surface area (Å²) in [4.78, 5) is 0. The van der Waals surface area contributed by atoms with Crippen LogP contribution < -0.4 is 3.61 Å². The fourth-order valence-corrected chi connectivity index (χ4v) is 3.10. The first-order chi connectivity index (χ1) is 4.84. The van der Waals surface area contributed by atoms with E-state index in [2.05, 4.69) is 38.1 Å². The molecule has 1 aromatic carbocycles. The predicted molar refractivity (Wildman–Crippen MR) is 47.0 cm³/mol. The summed E-state index contributed by atoms with van der Waals surface area (Å²) in [6.45, 7) is 4.48. The van der Waals surface area contributed by atoms with Gasteiger partial charge in [-0.1, -0.05) is 0 Å². The van der Waals surface area contributed by atoms with Gasteiger partial charge >= 0.3 is 72.7 Å². The van der Waals surface area contributed by atoms with Crippen molar-refractivity contribution in [1.29, 1.82) is 0 Å². The van der Waals surface area contributed by atoms with E-state index < -0.39 is 0 Å². The second kappa shape index (κ2) is 4.01. The molecule has 10 heavy (non-hydrogen) atoms. The normalized spacial score (nSPS) is 9.80. The van der Waals surface area contributed by atoms with Gasteiger partial charge in [-0.3, -0.25) is 0 Å². The van der Waals surface area contributed by atoms with Gasteiger partial charge in [0.2, 0.25) is 0 Å². The Morgan fingerprint density at radius 1 is 1.30 bits per heavy atom. The van der Waals surface area contributed by atoms with Crippen molar-refractivity contribution in [3.63, 3.8) is 0 Å². The number of rotatable bonds is 2. The van der Waals surface area contributed by atoms with Crippen molar-refractivity contribution in [2.45, 2.75) is 18.3 Å². The molecule has 0 radical (unpaired) electrons. The molecule has 0 saturated heterocycles. The number of hydrogen-bond acceptors (Lipinski definition) is 0. The molecule has 1 aromatic rings. The molecule has 0 saturated carbocycles. The summed E-state index contributed by atoms with van der Waals surface area (Å²) in [5, 5.41) is 0. The van der Waals surface area contributed by atoms with Crippen LogP contribution in [-0.4, -0.2) is 20.9 Å². The van der Waals surface area contributed by atoms with Gasteiger partial charge in [-0.2, -0.15) is 0 Å². The summed E-state index contributed by atoms with van der Waals surface area (Å²) in [6.07, 6.45) is 0. The molecular weight excluding hydrogens is 236 g/mol. The third-order valence-electron chi connectivity index (χ3n) is 1.39. The van der Waals surface area contributed by atoms with E-state index in [1.807, 2.05) is 0 Å². The summed E-state index contributed by atoms with van der Waals surface area (Å²) in [5.41, 5.74) is 1.48. The van der Waals surface area contributed by atoms with Gasteiger partial charge in [0.15, 0.2) is 0 Å². The van der Waals surface area contributed by atoms with Crippen LogP contribution in [0.4, 0.5) is 0 Å². The summed E-state index contributed by atoms with van der Waals surface area (Å²) in [6, 6.07) is 8.72. The van der Waals surface area contributed by atoms with Crippen LogP contribution in [0.5, 0.6) is 0 Å². The summed E-state index contributed by atoms with van der Waals surface area (Å²) < 4.78 is 2.99. The Kier molecular flexibility index (Phi) is 3.25. The van der Waals surface area contributed by atoms with Crippen molar-refractivity contribution >= 4 is 24.5 Å². The van der Waals surface area contributed by atoms with E-state index in [0.717, 1.165) is 0 Å². The van der Waals surface area contributed by atoms with Crippen LogP contribution in [0, 0.1) is 6.92 Å². The van der Waals surface area contributed by atoms with E-state index in [1.165, 1.54) is 10.0 Å². The van der Waals surface area contributed by atoms with Crippen molar-refractivity contribution in [2.24, 2.45) is 0 Å². The quantitative estimate of drug-likeness (QED) is 0.699. The first kappa shape index (κ1) is 8.11. The molecule has 1 rings (SSSR count). The zero-order valence-corrected chi connectivity index (χ0v) is 8.76. The first-order valence-electron chi connectivity index (χ1n) is 3.53. The van der Waals surface area contributed by atoms with E-state index in [-0.39, 0.29) is 20.9 Å². The van der Waals surface area contributed by atoms with Gasteiger partial charge in [0, 0.05) is 0 Å². The van der Waals surface area contributed by atoms with Crippen molar-refractivity contribution in [2.75, 3.05) is 0 Å². The minimum absolute atomic E-state index is 0.143. The number of hydrogen-bond donors (Lipinski definition) is 0. The Balaban J connectivity index is 2.81. The van der Waals surface area contributed by atoms with Crippen LogP contribution >= 0.6 is 0 Å². The predicted octanol–water partition coefficient (Wildman–Crippen LogP) is 1.76. The molecule has 0 nitrogen and oxygen atoms in total. The minimum atomic E-state index is 0.143. The average Bonchev–Trinajstić information content (AvgIpc) is 1.94.